The molecule has 2 aromatic carbocycles. The van der Waals surface area contributed by atoms with Gasteiger partial charge in [-0.05, 0) is 31.2 Å². The number of hydrogen-bond acceptors (Lipinski definition) is 4. The zero-order valence-electron chi connectivity index (χ0n) is 11.0. The molecule has 1 heterocycles. The molecule has 0 saturated carbocycles. The van der Waals surface area contributed by atoms with E-state index >= 15 is 0 Å². The summed E-state index contributed by atoms with van der Waals surface area (Å²) >= 11 is 0. The van der Waals surface area contributed by atoms with E-state index in [1.54, 1.807) is 12.3 Å². The minimum Gasteiger partial charge on any atom is -0.339 e. The van der Waals surface area contributed by atoms with Gasteiger partial charge in [-0.2, -0.15) is 0 Å². The van der Waals surface area contributed by atoms with Crippen molar-refractivity contribution in [2.45, 2.75) is 6.92 Å². The SMILES string of the molecule is CC(=O)c1cccc2ncc(Nc3ccccc3)nc12. The average Bonchev–Trinajstić information content (AvgIpc) is 2.47. The van der Waals surface area contributed by atoms with Gasteiger partial charge in [-0.25, -0.2) is 4.98 Å². The first-order valence-corrected chi connectivity index (χ1v) is 6.33. The molecule has 0 aliphatic heterocycles. The summed E-state index contributed by atoms with van der Waals surface area (Å²) in [6.07, 6.45) is 1.67. The third-order valence-corrected chi connectivity index (χ3v) is 3.00. The Kier molecular flexibility index (Phi) is 3.13. The van der Waals surface area contributed by atoms with Gasteiger partial charge in [-0.15, -0.1) is 0 Å². The maximum atomic E-state index is 11.6. The first-order valence-electron chi connectivity index (χ1n) is 6.33. The highest BCUT2D eigenvalue weighted by atomic mass is 16.1. The zero-order valence-corrected chi connectivity index (χ0v) is 11.0. The number of Topliss-reactive ketones (excluding diaryl/α,β-unsaturated/α-hetero) is 1. The van der Waals surface area contributed by atoms with Gasteiger partial charge >= 0.3 is 0 Å². The maximum Gasteiger partial charge on any atom is 0.162 e. The zero-order chi connectivity index (χ0) is 13.9. The van der Waals surface area contributed by atoms with Gasteiger partial charge in [0, 0.05) is 11.3 Å². The van der Waals surface area contributed by atoms with Crippen molar-refractivity contribution >= 4 is 28.3 Å². The van der Waals surface area contributed by atoms with Crippen LogP contribution in [-0.2, 0) is 0 Å². The van der Waals surface area contributed by atoms with Gasteiger partial charge in [0.1, 0.15) is 11.3 Å². The van der Waals surface area contributed by atoms with Crippen molar-refractivity contribution in [1.82, 2.24) is 9.97 Å². The van der Waals surface area contributed by atoms with Crippen LogP contribution in [0.25, 0.3) is 11.0 Å². The lowest BCUT2D eigenvalue weighted by Crippen LogP contribution is -2.00. The summed E-state index contributed by atoms with van der Waals surface area (Å²) in [6, 6.07) is 15.2. The lowest BCUT2D eigenvalue weighted by Gasteiger charge is -2.07. The van der Waals surface area contributed by atoms with Crippen LogP contribution in [0, 0.1) is 0 Å². The monoisotopic (exact) mass is 263 g/mol. The van der Waals surface area contributed by atoms with Crippen LogP contribution in [0.5, 0.6) is 0 Å². The van der Waals surface area contributed by atoms with Crippen LogP contribution in [-0.4, -0.2) is 15.8 Å². The molecule has 4 heteroatoms. The number of benzene rings is 2. The Balaban J connectivity index is 2.06. The number of nitrogens with one attached hydrogen (secondary N) is 1. The van der Waals surface area contributed by atoms with E-state index in [-0.39, 0.29) is 5.78 Å². The summed E-state index contributed by atoms with van der Waals surface area (Å²) in [5.74, 6) is 0.610. The Morgan fingerprint density at radius 3 is 2.60 bits per heavy atom. The number of rotatable bonds is 3. The molecule has 20 heavy (non-hydrogen) atoms. The summed E-state index contributed by atoms with van der Waals surface area (Å²) in [5.41, 5.74) is 2.87. The van der Waals surface area contributed by atoms with Gasteiger partial charge < -0.3 is 5.32 Å². The first-order chi connectivity index (χ1) is 9.74. The van der Waals surface area contributed by atoms with Crippen LogP contribution in [0.3, 0.4) is 0 Å². The molecule has 1 N–H and O–H groups in total. The van der Waals surface area contributed by atoms with E-state index in [4.69, 9.17) is 0 Å². The predicted octanol–water partition coefficient (Wildman–Crippen LogP) is 3.58. The van der Waals surface area contributed by atoms with Gasteiger partial charge in [0.25, 0.3) is 0 Å². The Morgan fingerprint density at radius 1 is 1.05 bits per heavy atom. The minimum atomic E-state index is -0.0123. The Hall–Kier alpha value is -2.75. The van der Waals surface area contributed by atoms with Crippen LogP contribution in [0.2, 0.25) is 0 Å². The fourth-order valence-electron chi connectivity index (χ4n) is 2.05. The van der Waals surface area contributed by atoms with Crippen molar-refractivity contribution in [3.05, 3.63) is 60.3 Å². The van der Waals surface area contributed by atoms with Crippen LogP contribution in [0.4, 0.5) is 11.5 Å². The van der Waals surface area contributed by atoms with Crippen LogP contribution in [0.15, 0.2) is 54.7 Å². The van der Waals surface area contributed by atoms with E-state index in [1.165, 1.54) is 6.92 Å². The number of nitrogens with zero attached hydrogens (tertiary/aromatic N) is 2. The van der Waals surface area contributed by atoms with E-state index in [2.05, 4.69) is 15.3 Å². The molecule has 1 aromatic heterocycles. The second-order valence-electron chi connectivity index (χ2n) is 4.48. The summed E-state index contributed by atoms with van der Waals surface area (Å²) in [6.45, 7) is 1.54. The van der Waals surface area contributed by atoms with Crippen molar-refractivity contribution in [2.24, 2.45) is 0 Å². The smallest absolute Gasteiger partial charge is 0.162 e. The van der Waals surface area contributed by atoms with E-state index in [0.717, 1.165) is 11.2 Å². The maximum absolute atomic E-state index is 11.6. The van der Waals surface area contributed by atoms with Crippen molar-refractivity contribution in [2.75, 3.05) is 5.32 Å². The normalized spacial score (nSPS) is 10.4. The number of aromatic nitrogens is 2. The van der Waals surface area contributed by atoms with Crippen LogP contribution < -0.4 is 5.32 Å². The number of hydrogen-bond donors (Lipinski definition) is 1. The highest BCUT2D eigenvalue weighted by molar-refractivity contribution is 6.04. The van der Waals surface area contributed by atoms with Gasteiger partial charge in [-0.1, -0.05) is 24.3 Å². The molecule has 3 rings (SSSR count). The molecular weight excluding hydrogens is 250 g/mol. The Bertz CT molecular complexity index is 769. The first kappa shape index (κ1) is 12.3. The molecular formula is C16H13N3O. The molecule has 0 aliphatic carbocycles. The quantitative estimate of drug-likeness (QED) is 0.734. The highest BCUT2D eigenvalue weighted by Gasteiger charge is 2.08. The molecule has 0 atom stereocenters. The molecule has 0 spiro atoms. The second-order valence-corrected chi connectivity index (χ2v) is 4.48. The molecule has 0 radical (unpaired) electrons. The molecule has 0 aliphatic rings. The fraction of sp³-hybridized carbons (Fsp3) is 0.0625. The number of ketones is 1. The second kappa shape index (κ2) is 5.09. The third kappa shape index (κ3) is 2.36. The lowest BCUT2D eigenvalue weighted by molar-refractivity contribution is 0.101. The largest absolute Gasteiger partial charge is 0.339 e. The average molecular weight is 263 g/mol. The summed E-state index contributed by atoms with van der Waals surface area (Å²) in [4.78, 5) is 20.5. The van der Waals surface area contributed by atoms with Gasteiger partial charge in [0.15, 0.2) is 5.78 Å². The highest BCUT2D eigenvalue weighted by Crippen LogP contribution is 2.19. The van der Waals surface area contributed by atoms with Gasteiger partial charge in [0.05, 0.1) is 11.7 Å². The van der Waals surface area contributed by atoms with Crippen LogP contribution >= 0.6 is 0 Å². The molecule has 3 aromatic rings. The fourth-order valence-corrected chi connectivity index (χ4v) is 2.05. The predicted molar refractivity (Wildman–Crippen MR) is 79.3 cm³/mol. The molecule has 0 saturated heterocycles. The van der Waals surface area contributed by atoms with E-state index in [9.17, 15) is 4.79 Å². The molecule has 0 unspecified atom stereocenters. The number of fused-ring (bicyclic) bond motifs is 1. The van der Waals surface area contributed by atoms with Crippen molar-refractivity contribution < 1.29 is 4.79 Å². The van der Waals surface area contributed by atoms with E-state index in [1.807, 2.05) is 42.5 Å². The Morgan fingerprint density at radius 2 is 1.85 bits per heavy atom. The number of carbonyl (C=O) groups excluding carboxylic acids is 1. The summed E-state index contributed by atoms with van der Waals surface area (Å²) in [5, 5.41) is 3.18. The van der Waals surface area contributed by atoms with Crippen molar-refractivity contribution in [3.8, 4) is 0 Å². The summed E-state index contributed by atoms with van der Waals surface area (Å²) < 4.78 is 0. The Labute approximate surface area is 116 Å². The van der Waals surface area contributed by atoms with Gasteiger partial charge in [-0.3, -0.25) is 9.78 Å². The number of anilines is 2. The number of carbonyl (C=O) groups is 1. The minimum absolute atomic E-state index is 0.0123. The number of para-hydroxylation sites is 2. The molecule has 0 amide bonds. The van der Waals surface area contributed by atoms with Gasteiger partial charge in [0.2, 0.25) is 0 Å². The molecule has 0 bridgehead atoms. The van der Waals surface area contributed by atoms with E-state index in [0.29, 0.717) is 16.9 Å². The van der Waals surface area contributed by atoms with E-state index < -0.39 is 0 Å². The topological polar surface area (TPSA) is 54.9 Å². The molecule has 4 nitrogen and oxygen atoms in total. The molecule has 98 valence electrons. The standard InChI is InChI=1S/C16H13N3O/c1-11(20)13-8-5-9-14-16(13)19-15(10-17-14)18-12-6-3-2-4-7-12/h2-10H,1H3,(H,18,19). The lowest BCUT2D eigenvalue weighted by atomic mass is 10.1. The van der Waals surface area contributed by atoms with Crippen molar-refractivity contribution in [3.63, 3.8) is 0 Å². The third-order valence-electron chi connectivity index (χ3n) is 3.00. The molecule has 0 fully saturated rings. The summed E-state index contributed by atoms with van der Waals surface area (Å²) in [7, 11) is 0. The van der Waals surface area contributed by atoms with Crippen LogP contribution in [0.1, 0.15) is 17.3 Å². The van der Waals surface area contributed by atoms with Crippen molar-refractivity contribution in [1.29, 1.82) is 0 Å².